The van der Waals surface area contributed by atoms with Crippen LogP contribution in [0, 0.1) is 27.6 Å². The molecule has 1 amide bonds. The highest BCUT2D eigenvalue weighted by Gasteiger charge is 2.67. The summed E-state index contributed by atoms with van der Waals surface area (Å²) in [5, 5.41) is 22.4. The summed E-state index contributed by atoms with van der Waals surface area (Å²) in [4.78, 5) is 18.5. The Kier molecular flexibility index (Phi) is 5.78. The zero-order valence-corrected chi connectivity index (χ0v) is 25.0. The lowest BCUT2D eigenvalue weighted by molar-refractivity contribution is -0.173. The molecule has 0 aromatic heterocycles. The third-order valence-corrected chi connectivity index (χ3v) is 13.0. The number of aromatic hydroxyl groups is 2. The van der Waals surface area contributed by atoms with Gasteiger partial charge in [-0.15, -0.1) is 0 Å². The highest BCUT2D eigenvalue weighted by molar-refractivity contribution is 5.82. The SMILES string of the molecule is C=c1c(O)c(O)cc2c1=CC=C1C2(C)CCC2(C)C3CC(C)(C(=O)N4CCN(C)CC4)CCC3(C)CCC12C. The second-order valence-electron chi connectivity index (χ2n) is 15.1. The molecule has 1 aromatic rings. The van der Waals surface area contributed by atoms with E-state index in [9.17, 15) is 15.0 Å². The van der Waals surface area contributed by atoms with Crippen LogP contribution in [0.3, 0.4) is 0 Å². The van der Waals surface area contributed by atoms with Crippen LogP contribution in [0.2, 0.25) is 0 Å². The van der Waals surface area contributed by atoms with Crippen molar-refractivity contribution >= 4 is 18.6 Å². The van der Waals surface area contributed by atoms with Crippen molar-refractivity contribution in [2.24, 2.45) is 27.6 Å². The van der Waals surface area contributed by atoms with E-state index in [-0.39, 0.29) is 38.6 Å². The molecule has 39 heavy (non-hydrogen) atoms. The van der Waals surface area contributed by atoms with Crippen LogP contribution >= 0.6 is 0 Å². The molecule has 1 aliphatic heterocycles. The molecule has 6 unspecified atom stereocenters. The molecule has 1 aromatic carbocycles. The number of benzene rings is 1. The maximum Gasteiger partial charge on any atom is 0.228 e. The predicted octanol–water partition coefficient (Wildman–Crippen LogP) is 4.67. The van der Waals surface area contributed by atoms with Gasteiger partial charge in [0.25, 0.3) is 0 Å². The number of amides is 1. The van der Waals surface area contributed by atoms with Crippen molar-refractivity contribution in [3.63, 3.8) is 0 Å². The van der Waals surface area contributed by atoms with Crippen molar-refractivity contribution in [3.05, 3.63) is 33.7 Å². The predicted molar refractivity (Wildman–Crippen MR) is 157 cm³/mol. The highest BCUT2D eigenvalue weighted by Crippen LogP contribution is 2.74. The molecule has 1 heterocycles. The molecule has 0 radical (unpaired) electrons. The van der Waals surface area contributed by atoms with Crippen molar-refractivity contribution in [3.8, 4) is 11.5 Å². The van der Waals surface area contributed by atoms with E-state index in [0.29, 0.717) is 17.0 Å². The first-order valence-corrected chi connectivity index (χ1v) is 15.1. The molecule has 2 N–H and O–H groups in total. The number of hydrogen-bond acceptors (Lipinski definition) is 4. The maximum absolute atomic E-state index is 14.1. The molecular formula is C34H48N2O3. The lowest BCUT2D eigenvalue weighted by Crippen LogP contribution is -2.64. The van der Waals surface area contributed by atoms with Gasteiger partial charge >= 0.3 is 0 Å². The van der Waals surface area contributed by atoms with Crippen LogP contribution < -0.4 is 10.4 Å². The first-order valence-electron chi connectivity index (χ1n) is 15.1. The number of piperazine rings is 1. The molecule has 5 aliphatic rings. The van der Waals surface area contributed by atoms with Gasteiger partial charge in [0.05, 0.1) is 0 Å². The Morgan fingerprint density at radius 3 is 2.28 bits per heavy atom. The fraction of sp³-hybridized carbons (Fsp3) is 0.676. The standard InChI is InChI=1S/C34H48N2O3/c1-22-23-8-9-26-32(4,24(23)20-25(37)28(22)38)13-15-34(6)27-21-31(3,29(39)36-18-16-35(7)17-19-36)11-10-30(27,2)12-14-33(26,34)5/h8-9,20,27,37-38H,1,10-19,21H2,2-7H3. The number of hydrogen-bond donors (Lipinski definition) is 2. The quantitative estimate of drug-likeness (QED) is 0.516. The van der Waals surface area contributed by atoms with Gasteiger partial charge in [-0.2, -0.15) is 0 Å². The van der Waals surface area contributed by atoms with Gasteiger partial charge in [-0.05, 0) is 91.0 Å². The van der Waals surface area contributed by atoms with Crippen molar-refractivity contribution < 1.29 is 15.0 Å². The molecule has 212 valence electrons. The van der Waals surface area contributed by atoms with Crippen LogP contribution in [-0.4, -0.2) is 59.1 Å². The third kappa shape index (κ3) is 3.50. The number of likely N-dealkylation sites (N-methyl/N-ethyl adjacent to an activating group) is 1. The summed E-state index contributed by atoms with van der Waals surface area (Å²) in [6.07, 6.45) is 12.0. The Hall–Kier alpha value is -2.27. The van der Waals surface area contributed by atoms with Crippen LogP contribution in [0.1, 0.15) is 85.1 Å². The summed E-state index contributed by atoms with van der Waals surface area (Å²) in [5.41, 5.74) is 2.36. The molecule has 6 atom stereocenters. The molecule has 4 aliphatic carbocycles. The number of allylic oxidation sites excluding steroid dienone is 2. The van der Waals surface area contributed by atoms with Crippen molar-refractivity contribution in [1.29, 1.82) is 0 Å². The van der Waals surface area contributed by atoms with E-state index in [1.165, 1.54) is 12.0 Å². The van der Waals surface area contributed by atoms with Gasteiger partial charge < -0.3 is 20.0 Å². The number of carbonyl (C=O) groups excluding carboxylic acids is 1. The van der Waals surface area contributed by atoms with Crippen LogP contribution in [-0.2, 0) is 10.2 Å². The Morgan fingerprint density at radius 2 is 1.59 bits per heavy atom. The Balaban J connectivity index is 1.40. The van der Waals surface area contributed by atoms with Gasteiger partial charge in [0.15, 0.2) is 11.5 Å². The first kappa shape index (κ1) is 26.9. The van der Waals surface area contributed by atoms with E-state index in [4.69, 9.17) is 0 Å². The number of nitrogens with zero attached hydrogens (tertiary/aromatic N) is 2. The van der Waals surface area contributed by atoms with Crippen LogP contribution in [0.15, 0.2) is 17.7 Å². The van der Waals surface area contributed by atoms with Gasteiger partial charge in [-0.1, -0.05) is 58.9 Å². The van der Waals surface area contributed by atoms with Crippen molar-refractivity contribution in [1.82, 2.24) is 9.80 Å². The molecular weight excluding hydrogens is 484 g/mol. The minimum absolute atomic E-state index is 0.0116. The number of phenols is 2. The lowest BCUT2D eigenvalue weighted by atomic mass is 9.34. The molecule has 3 saturated carbocycles. The average Bonchev–Trinajstić information content (AvgIpc) is 2.90. The minimum Gasteiger partial charge on any atom is -0.504 e. The third-order valence-electron chi connectivity index (χ3n) is 13.0. The average molecular weight is 533 g/mol. The highest BCUT2D eigenvalue weighted by atomic mass is 16.3. The zero-order valence-electron chi connectivity index (χ0n) is 25.0. The number of rotatable bonds is 1. The number of carbonyl (C=O) groups is 1. The first-order chi connectivity index (χ1) is 18.2. The van der Waals surface area contributed by atoms with E-state index in [1.807, 2.05) is 0 Å². The fourth-order valence-corrected chi connectivity index (χ4v) is 9.95. The van der Waals surface area contributed by atoms with E-state index in [1.54, 1.807) is 6.07 Å². The molecule has 5 nitrogen and oxygen atoms in total. The van der Waals surface area contributed by atoms with Crippen LogP contribution in [0.4, 0.5) is 0 Å². The molecule has 0 spiro atoms. The lowest BCUT2D eigenvalue weighted by Gasteiger charge is -2.69. The van der Waals surface area contributed by atoms with E-state index < -0.39 is 0 Å². The topological polar surface area (TPSA) is 64.0 Å². The Labute approximate surface area is 234 Å². The van der Waals surface area contributed by atoms with Gasteiger partial charge in [-0.25, -0.2) is 0 Å². The molecule has 5 heteroatoms. The summed E-state index contributed by atoms with van der Waals surface area (Å²) >= 11 is 0. The van der Waals surface area contributed by atoms with E-state index in [2.05, 4.69) is 70.2 Å². The monoisotopic (exact) mass is 532 g/mol. The summed E-state index contributed by atoms with van der Waals surface area (Å²) in [7, 11) is 2.15. The van der Waals surface area contributed by atoms with Crippen molar-refractivity contribution in [2.75, 3.05) is 33.2 Å². The summed E-state index contributed by atoms with van der Waals surface area (Å²) in [6.45, 7) is 19.9. The minimum atomic E-state index is -0.298. The van der Waals surface area contributed by atoms with E-state index in [0.717, 1.165) is 75.5 Å². The van der Waals surface area contributed by atoms with Crippen LogP contribution in [0.25, 0.3) is 12.7 Å². The second kappa shape index (κ2) is 8.38. The zero-order chi connectivity index (χ0) is 28.2. The van der Waals surface area contributed by atoms with Gasteiger partial charge in [-0.3, -0.25) is 4.79 Å². The number of fused-ring (bicyclic) bond motifs is 7. The summed E-state index contributed by atoms with van der Waals surface area (Å²) < 4.78 is 0. The smallest absolute Gasteiger partial charge is 0.228 e. The summed E-state index contributed by atoms with van der Waals surface area (Å²) in [5.74, 6) is 0.668. The maximum atomic E-state index is 14.1. The van der Waals surface area contributed by atoms with Gasteiger partial charge in [0.2, 0.25) is 5.91 Å². The second-order valence-corrected chi connectivity index (χ2v) is 15.1. The molecule has 6 rings (SSSR count). The summed E-state index contributed by atoms with van der Waals surface area (Å²) in [6, 6.07) is 1.79. The molecule has 1 saturated heterocycles. The fourth-order valence-electron chi connectivity index (χ4n) is 9.95. The van der Waals surface area contributed by atoms with Crippen molar-refractivity contribution in [2.45, 2.75) is 85.0 Å². The van der Waals surface area contributed by atoms with Gasteiger partial charge in [0, 0.05) is 42.2 Å². The molecule has 0 bridgehead atoms. The van der Waals surface area contributed by atoms with Crippen LogP contribution in [0.5, 0.6) is 11.5 Å². The van der Waals surface area contributed by atoms with Gasteiger partial charge in [0.1, 0.15) is 0 Å². The largest absolute Gasteiger partial charge is 0.504 e. The Morgan fingerprint density at radius 1 is 0.923 bits per heavy atom. The van der Waals surface area contributed by atoms with E-state index >= 15 is 0 Å². The normalized spacial score (nSPS) is 41.8. The Bertz CT molecular complexity index is 1380. The molecule has 4 fully saturated rings. The number of phenolic OH excluding ortho intramolecular Hbond substituents is 2.